The number of hydrogen-bond donors (Lipinski definition) is 2. The molecule has 2 rings (SSSR count). The van der Waals surface area contributed by atoms with Crippen LogP contribution in [0.5, 0.6) is 0 Å². The van der Waals surface area contributed by atoms with Crippen LogP contribution in [0.4, 0.5) is 11.4 Å². The second-order valence-corrected chi connectivity index (χ2v) is 4.36. The molecule has 0 unspecified atom stereocenters. The lowest BCUT2D eigenvalue weighted by Crippen LogP contribution is -2.41. The highest BCUT2D eigenvalue weighted by Crippen LogP contribution is 2.27. The predicted molar refractivity (Wildman–Crippen MR) is 78.9 cm³/mol. The summed E-state index contributed by atoms with van der Waals surface area (Å²) >= 11 is 0. The Balaban J connectivity index is 2.13. The van der Waals surface area contributed by atoms with E-state index >= 15 is 0 Å². The maximum Gasteiger partial charge on any atom is 0.346 e. The number of amides is 2. The Morgan fingerprint density at radius 2 is 1.38 bits per heavy atom. The van der Waals surface area contributed by atoms with Gasteiger partial charge in [0, 0.05) is 35.7 Å². The third-order valence-corrected chi connectivity index (χ3v) is 2.86. The van der Waals surface area contributed by atoms with Crippen molar-refractivity contribution in [2.45, 2.75) is 0 Å². The molecule has 11 nitrogen and oxygen atoms in total. The second-order valence-electron chi connectivity index (χ2n) is 4.36. The van der Waals surface area contributed by atoms with Gasteiger partial charge >= 0.3 is 11.4 Å². The topological polar surface area (TPSA) is 157 Å². The average molecular weight is 331 g/mol. The molecule has 0 spiro atoms. The molecular weight excluding hydrogens is 322 g/mol. The summed E-state index contributed by atoms with van der Waals surface area (Å²) < 4.78 is 0. The molecule has 1 aromatic carbocycles. The Labute approximate surface area is 133 Å². The smallest absolute Gasteiger partial charge is 0.267 e. The van der Waals surface area contributed by atoms with Crippen molar-refractivity contribution in [2.75, 3.05) is 0 Å². The van der Waals surface area contributed by atoms with Crippen molar-refractivity contribution in [1.29, 1.82) is 0 Å². The minimum absolute atomic E-state index is 0.220. The predicted octanol–water partition coefficient (Wildman–Crippen LogP) is 0.973. The molecule has 122 valence electrons. The molecule has 0 fully saturated rings. The molecule has 0 atom stereocenters. The lowest BCUT2D eigenvalue weighted by Gasteiger charge is -2.07. The molecule has 2 amide bonds. The highest BCUT2D eigenvalue weighted by Gasteiger charge is 2.25. The third kappa shape index (κ3) is 3.65. The number of nitro benzene ring substituents is 2. The molecule has 0 saturated carbocycles. The Morgan fingerprint density at radius 1 is 0.833 bits per heavy atom. The fraction of sp³-hybridized carbons (Fsp3) is 0. The van der Waals surface area contributed by atoms with Gasteiger partial charge in [-0.15, -0.1) is 0 Å². The first-order chi connectivity index (χ1) is 11.4. The van der Waals surface area contributed by atoms with E-state index in [0.717, 1.165) is 18.2 Å². The largest absolute Gasteiger partial charge is 0.346 e. The van der Waals surface area contributed by atoms with Gasteiger partial charge in [-0.05, 0) is 18.2 Å². The van der Waals surface area contributed by atoms with Crippen LogP contribution in [0.15, 0.2) is 42.7 Å². The number of nitrogens with one attached hydrogen (secondary N) is 2. The summed E-state index contributed by atoms with van der Waals surface area (Å²) in [6, 6.07) is 5.47. The SMILES string of the molecule is O=C(NNC(=O)c1ccc([N+](=O)[O-])c([N+](=O)[O-])c1)c1ccncc1. The van der Waals surface area contributed by atoms with Crippen LogP contribution < -0.4 is 10.9 Å². The van der Waals surface area contributed by atoms with E-state index in [9.17, 15) is 29.8 Å². The molecule has 2 N–H and O–H groups in total. The number of carbonyl (C=O) groups is 2. The molecule has 24 heavy (non-hydrogen) atoms. The molecule has 2 aromatic rings. The highest BCUT2D eigenvalue weighted by atomic mass is 16.6. The number of benzene rings is 1. The number of nitrogens with zero attached hydrogens (tertiary/aromatic N) is 3. The number of pyridine rings is 1. The third-order valence-electron chi connectivity index (χ3n) is 2.86. The van der Waals surface area contributed by atoms with Crippen LogP contribution in [0, 0.1) is 20.2 Å². The number of hydrazine groups is 1. The monoisotopic (exact) mass is 331 g/mol. The van der Waals surface area contributed by atoms with Crippen molar-refractivity contribution < 1.29 is 19.4 Å². The maximum absolute atomic E-state index is 11.9. The molecule has 1 aromatic heterocycles. The van der Waals surface area contributed by atoms with E-state index in [4.69, 9.17) is 0 Å². The summed E-state index contributed by atoms with van der Waals surface area (Å²) in [5.74, 6) is -1.49. The number of aromatic nitrogens is 1. The van der Waals surface area contributed by atoms with Crippen LogP contribution in [0.25, 0.3) is 0 Å². The van der Waals surface area contributed by atoms with E-state index in [2.05, 4.69) is 15.8 Å². The van der Waals surface area contributed by atoms with Crippen molar-refractivity contribution in [3.8, 4) is 0 Å². The van der Waals surface area contributed by atoms with Gasteiger partial charge in [0.2, 0.25) is 0 Å². The van der Waals surface area contributed by atoms with Crippen LogP contribution >= 0.6 is 0 Å². The zero-order valence-corrected chi connectivity index (χ0v) is 11.8. The summed E-state index contributed by atoms with van der Waals surface area (Å²) in [5, 5.41) is 21.6. The maximum atomic E-state index is 11.9. The zero-order chi connectivity index (χ0) is 17.7. The minimum atomic E-state index is -0.968. The van der Waals surface area contributed by atoms with E-state index < -0.39 is 33.0 Å². The Bertz CT molecular complexity index is 823. The molecule has 0 saturated heterocycles. The van der Waals surface area contributed by atoms with Gasteiger partial charge in [0.1, 0.15) is 0 Å². The first-order valence-corrected chi connectivity index (χ1v) is 6.33. The summed E-state index contributed by atoms with van der Waals surface area (Å²) in [7, 11) is 0. The fourth-order valence-corrected chi connectivity index (χ4v) is 1.73. The summed E-state index contributed by atoms with van der Waals surface area (Å²) in [6.07, 6.45) is 2.77. The quantitative estimate of drug-likeness (QED) is 0.624. The van der Waals surface area contributed by atoms with Crippen molar-refractivity contribution in [3.05, 3.63) is 74.1 Å². The Kier molecular flexibility index (Phi) is 4.75. The van der Waals surface area contributed by atoms with E-state index in [1.165, 1.54) is 24.5 Å². The Morgan fingerprint density at radius 3 is 1.92 bits per heavy atom. The molecule has 0 aliphatic rings. The summed E-state index contributed by atoms with van der Waals surface area (Å²) in [5.41, 5.74) is 2.63. The van der Waals surface area contributed by atoms with Crippen molar-refractivity contribution in [1.82, 2.24) is 15.8 Å². The molecular formula is C13H9N5O6. The van der Waals surface area contributed by atoms with Gasteiger partial charge in [0.25, 0.3) is 11.8 Å². The number of nitro groups is 2. The molecule has 11 heteroatoms. The highest BCUT2D eigenvalue weighted by molar-refractivity contribution is 5.99. The van der Waals surface area contributed by atoms with E-state index in [-0.39, 0.29) is 11.1 Å². The lowest BCUT2D eigenvalue weighted by atomic mass is 10.1. The Hall–Kier alpha value is -3.89. The van der Waals surface area contributed by atoms with Gasteiger partial charge < -0.3 is 0 Å². The average Bonchev–Trinajstić information content (AvgIpc) is 2.59. The van der Waals surface area contributed by atoms with Gasteiger partial charge in [0.05, 0.1) is 9.85 Å². The van der Waals surface area contributed by atoms with Gasteiger partial charge in [-0.25, -0.2) is 0 Å². The van der Waals surface area contributed by atoms with Crippen LogP contribution in [0.2, 0.25) is 0 Å². The normalized spacial score (nSPS) is 9.83. The molecule has 0 radical (unpaired) electrons. The van der Waals surface area contributed by atoms with Crippen molar-refractivity contribution in [3.63, 3.8) is 0 Å². The van der Waals surface area contributed by atoms with Gasteiger partial charge in [-0.2, -0.15) is 0 Å². The molecule has 0 aliphatic heterocycles. The molecule has 0 aliphatic carbocycles. The molecule has 1 heterocycles. The lowest BCUT2D eigenvalue weighted by molar-refractivity contribution is -0.422. The minimum Gasteiger partial charge on any atom is -0.267 e. The van der Waals surface area contributed by atoms with Gasteiger partial charge in [-0.3, -0.25) is 45.7 Å². The summed E-state index contributed by atoms with van der Waals surface area (Å²) in [6.45, 7) is 0. The van der Waals surface area contributed by atoms with Gasteiger partial charge in [0.15, 0.2) is 0 Å². The second kappa shape index (κ2) is 6.91. The van der Waals surface area contributed by atoms with Crippen LogP contribution in [-0.4, -0.2) is 26.6 Å². The standard InChI is InChI=1S/C13H9N5O6/c19-12(8-3-5-14-6-4-8)15-16-13(20)9-1-2-10(17(21)22)11(7-9)18(23)24/h1-7H,(H,15,19)(H,16,20). The summed E-state index contributed by atoms with van der Waals surface area (Å²) in [4.78, 5) is 47.1. The van der Waals surface area contributed by atoms with Crippen molar-refractivity contribution in [2.24, 2.45) is 0 Å². The van der Waals surface area contributed by atoms with Crippen molar-refractivity contribution >= 4 is 23.2 Å². The number of hydrogen-bond acceptors (Lipinski definition) is 7. The number of rotatable bonds is 4. The zero-order valence-electron chi connectivity index (χ0n) is 11.8. The van der Waals surface area contributed by atoms with E-state index in [0.29, 0.717) is 0 Å². The van der Waals surface area contributed by atoms with E-state index in [1.54, 1.807) is 0 Å². The van der Waals surface area contributed by atoms with Crippen LogP contribution in [0.1, 0.15) is 20.7 Å². The first kappa shape index (κ1) is 16.5. The molecule has 0 bridgehead atoms. The van der Waals surface area contributed by atoms with Crippen LogP contribution in [0.3, 0.4) is 0 Å². The fourth-order valence-electron chi connectivity index (χ4n) is 1.73. The van der Waals surface area contributed by atoms with Gasteiger partial charge in [-0.1, -0.05) is 0 Å². The first-order valence-electron chi connectivity index (χ1n) is 6.33. The van der Waals surface area contributed by atoms with E-state index in [1.807, 2.05) is 0 Å². The number of carbonyl (C=O) groups excluding carboxylic acids is 2. The van der Waals surface area contributed by atoms with Crippen LogP contribution in [-0.2, 0) is 0 Å².